The lowest BCUT2D eigenvalue weighted by molar-refractivity contribution is 0.0697. The van der Waals surface area contributed by atoms with Gasteiger partial charge < -0.3 is 9.67 Å². The second kappa shape index (κ2) is 12.0. The number of fused-ring (bicyclic) bond motifs is 1. The van der Waals surface area contributed by atoms with Crippen LogP contribution in [0.15, 0.2) is 48.6 Å². The fraction of sp³-hybridized carbons (Fsp3) is 0.407. The highest BCUT2D eigenvalue weighted by atomic mass is 16.4. The van der Waals surface area contributed by atoms with Crippen LogP contribution in [0.2, 0.25) is 0 Å². The average Bonchev–Trinajstić information content (AvgIpc) is 3.05. The molecule has 0 aliphatic heterocycles. The first-order chi connectivity index (χ1) is 15.0. The molecule has 0 unspecified atom stereocenters. The number of rotatable bonds is 12. The number of nitrogens with zero attached hydrogens (tertiary/aromatic N) is 2. The second-order valence-corrected chi connectivity index (χ2v) is 7.91. The van der Waals surface area contributed by atoms with Crippen molar-refractivity contribution in [3.05, 3.63) is 65.4 Å². The van der Waals surface area contributed by atoms with E-state index in [0.29, 0.717) is 24.3 Å². The first-order valence-corrected chi connectivity index (χ1v) is 11.2. The van der Waals surface area contributed by atoms with Gasteiger partial charge in [-0.15, -0.1) is 6.58 Å². The SMILES string of the molecule is C=CCc1c(C(CCC)CCC)c2ccc(C(=O)O)cc2n1/C=C(/C#N)CC/C=C\C. The summed E-state index contributed by atoms with van der Waals surface area (Å²) in [5.74, 6) is -0.552. The van der Waals surface area contributed by atoms with E-state index in [1.54, 1.807) is 12.1 Å². The van der Waals surface area contributed by atoms with Crippen LogP contribution in [0.5, 0.6) is 0 Å². The highest BCUT2D eigenvalue weighted by molar-refractivity contribution is 5.96. The molecule has 0 saturated carbocycles. The van der Waals surface area contributed by atoms with E-state index < -0.39 is 5.97 Å². The van der Waals surface area contributed by atoms with Crippen LogP contribution in [0.3, 0.4) is 0 Å². The zero-order valence-electron chi connectivity index (χ0n) is 19.0. The predicted octanol–water partition coefficient (Wildman–Crippen LogP) is 7.47. The molecule has 1 aromatic heterocycles. The third-order valence-corrected chi connectivity index (χ3v) is 5.66. The molecule has 1 heterocycles. The fourth-order valence-corrected chi connectivity index (χ4v) is 4.31. The highest BCUT2D eigenvalue weighted by Gasteiger charge is 2.23. The Balaban J connectivity index is 2.84. The van der Waals surface area contributed by atoms with E-state index >= 15 is 0 Å². The number of hydrogen-bond acceptors (Lipinski definition) is 2. The Hall–Kier alpha value is -3.06. The standard InChI is InChI=1S/C27H34N2O2/c1-5-9-10-14-20(18-28)19-29-24(13-8-4)26(21(11-6-2)12-7-3)23-16-15-22(27(30)31)17-25(23)29/h5,8-9,15-17,19,21H,4,6-7,10-14H2,1-3H3,(H,30,31)/b9-5-,20-19+. The lowest BCUT2D eigenvalue weighted by Crippen LogP contribution is -2.04. The average molecular weight is 419 g/mol. The van der Waals surface area contributed by atoms with Crippen LogP contribution in [-0.4, -0.2) is 15.6 Å². The van der Waals surface area contributed by atoms with Gasteiger partial charge in [-0.25, -0.2) is 4.79 Å². The normalized spacial score (nSPS) is 12.0. The molecule has 0 saturated heterocycles. The van der Waals surface area contributed by atoms with E-state index in [-0.39, 0.29) is 5.56 Å². The lowest BCUT2D eigenvalue weighted by Gasteiger charge is -2.18. The first-order valence-electron chi connectivity index (χ1n) is 11.2. The van der Waals surface area contributed by atoms with Crippen LogP contribution >= 0.6 is 0 Å². The van der Waals surface area contributed by atoms with E-state index in [4.69, 9.17) is 0 Å². The first kappa shape index (κ1) is 24.2. The van der Waals surface area contributed by atoms with Crippen LogP contribution < -0.4 is 0 Å². The van der Waals surface area contributed by atoms with Gasteiger partial charge in [0, 0.05) is 29.3 Å². The van der Waals surface area contributed by atoms with Crippen LogP contribution in [0.25, 0.3) is 17.1 Å². The Kier molecular flexibility index (Phi) is 9.34. The van der Waals surface area contributed by atoms with Crippen molar-refractivity contribution >= 4 is 23.1 Å². The summed E-state index contributed by atoms with van der Waals surface area (Å²) in [6.07, 6.45) is 14.3. The molecule has 0 spiro atoms. The zero-order chi connectivity index (χ0) is 22.8. The van der Waals surface area contributed by atoms with Gasteiger partial charge in [-0.2, -0.15) is 5.26 Å². The minimum atomic E-state index is -0.947. The maximum Gasteiger partial charge on any atom is 0.335 e. The number of carbonyl (C=O) groups is 1. The summed E-state index contributed by atoms with van der Waals surface area (Å²) in [5.41, 5.74) is 4.17. The van der Waals surface area contributed by atoms with Gasteiger partial charge in [-0.05, 0) is 56.2 Å². The summed E-state index contributed by atoms with van der Waals surface area (Å²) in [5, 5.41) is 20.4. The Morgan fingerprint density at radius 1 is 1.29 bits per heavy atom. The maximum atomic E-state index is 11.7. The van der Waals surface area contributed by atoms with E-state index in [1.807, 2.05) is 35.9 Å². The number of aromatic nitrogens is 1. The number of carboxylic acid groups (broad SMARTS) is 1. The van der Waals surface area contributed by atoms with Gasteiger partial charge in [0.05, 0.1) is 17.1 Å². The zero-order valence-corrected chi connectivity index (χ0v) is 19.0. The number of aromatic carboxylic acids is 1. The van der Waals surface area contributed by atoms with Crippen molar-refractivity contribution in [2.75, 3.05) is 0 Å². The summed E-state index contributed by atoms with van der Waals surface area (Å²) in [4.78, 5) is 11.7. The van der Waals surface area contributed by atoms with E-state index in [9.17, 15) is 15.2 Å². The second-order valence-electron chi connectivity index (χ2n) is 7.91. The van der Waals surface area contributed by atoms with Gasteiger partial charge in [0.25, 0.3) is 0 Å². The van der Waals surface area contributed by atoms with Crippen LogP contribution in [0.1, 0.15) is 86.8 Å². The molecule has 164 valence electrons. The highest BCUT2D eigenvalue weighted by Crippen LogP contribution is 2.38. The van der Waals surface area contributed by atoms with E-state index in [1.165, 1.54) is 5.56 Å². The third kappa shape index (κ3) is 5.76. The number of carboxylic acids is 1. The van der Waals surface area contributed by atoms with Crippen molar-refractivity contribution in [2.45, 2.75) is 71.6 Å². The van der Waals surface area contributed by atoms with Gasteiger partial charge in [-0.3, -0.25) is 0 Å². The van der Waals surface area contributed by atoms with Gasteiger partial charge in [0.2, 0.25) is 0 Å². The van der Waals surface area contributed by atoms with E-state index in [0.717, 1.165) is 48.7 Å². The molecular weight excluding hydrogens is 384 g/mol. The number of allylic oxidation sites excluding steroid dienone is 4. The molecule has 0 atom stereocenters. The molecule has 1 aromatic carbocycles. The van der Waals surface area contributed by atoms with Crippen molar-refractivity contribution in [2.24, 2.45) is 0 Å². The van der Waals surface area contributed by atoms with Gasteiger partial charge >= 0.3 is 5.97 Å². The third-order valence-electron chi connectivity index (χ3n) is 5.66. The molecule has 0 bridgehead atoms. The van der Waals surface area contributed by atoms with Gasteiger partial charge in [0.15, 0.2) is 0 Å². The van der Waals surface area contributed by atoms with Gasteiger partial charge in [0.1, 0.15) is 0 Å². The Morgan fingerprint density at radius 3 is 2.55 bits per heavy atom. The predicted molar refractivity (Wildman–Crippen MR) is 129 cm³/mol. The van der Waals surface area contributed by atoms with Crippen molar-refractivity contribution in [3.63, 3.8) is 0 Å². The molecule has 2 rings (SSSR count). The smallest absolute Gasteiger partial charge is 0.335 e. The summed E-state index contributed by atoms with van der Waals surface area (Å²) >= 11 is 0. The number of benzene rings is 1. The molecule has 4 nitrogen and oxygen atoms in total. The minimum absolute atomic E-state index is 0.256. The van der Waals surface area contributed by atoms with Crippen molar-refractivity contribution in [3.8, 4) is 6.07 Å². The molecule has 0 amide bonds. The summed E-state index contributed by atoms with van der Waals surface area (Å²) in [6, 6.07) is 7.70. The number of nitriles is 1. The largest absolute Gasteiger partial charge is 0.478 e. The minimum Gasteiger partial charge on any atom is -0.478 e. The number of hydrogen-bond donors (Lipinski definition) is 1. The topological polar surface area (TPSA) is 66.0 Å². The fourth-order valence-electron chi connectivity index (χ4n) is 4.31. The Morgan fingerprint density at radius 2 is 2.00 bits per heavy atom. The van der Waals surface area contributed by atoms with Crippen molar-refractivity contribution < 1.29 is 9.90 Å². The quantitative estimate of drug-likeness (QED) is 0.287. The Labute approximate surface area is 186 Å². The van der Waals surface area contributed by atoms with Crippen LogP contribution in [0.4, 0.5) is 0 Å². The molecule has 0 radical (unpaired) electrons. The summed E-state index contributed by atoms with van der Waals surface area (Å²) in [6.45, 7) is 10.3. The lowest BCUT2D eigenvalue weighted by atomic mass is 9.87. The molecule has 4 heteroatoms. The molecule has 31 heavy (non-hydrogen) atoms. The molecular formula is C27H34N2O2. The van der Waals surface area contributed by atoms with Crippen molar-refractivity contribution in [1.82, 2.24) is 4.57 Å². The molecule has 0 fully saturated rings. The molecule has 0 aliphatic carbocycles. The summed E-state index contributed by atoms with van der Waals surface area (Å²) in [7, 11) is 0. The molecule has 0 aliphatic rings. The molecule has 2 aromatic rings. The monoisotopic (exact) mass is 418 g/mol. The maximum absolute atomic E-state index is 11.7. The molecule has 1 N–H and O–H groups in total. The van der Waals surface area contributed by atoms with Gasteiger partial charge in [-0.1, -0.05) is 51.0 Å². The summed E-state index contributed by atoms with van der Waals surface area (Å²) < 4.78 is 2.05. The van der Waals surface area contributed by atoms with Crippen LogP contribution in [-0.2, 0) is 6.42 Å². The van der Waals surface area contributed by atoms with Crippen molar-refractivity contribution in [1.29, 1.82) is 5.26 Å². The Bertz CT molecular complexity index is 1010. The van der Waals surface area contributed by atoms with Crippen LogP contribution in [0, 0.1) is 11.3 Å². The van der Waals surface area contributed by atoms with E-state index in [2.05, 4.69) is 32.6 Å².